The van der Waals surface area contributed by atoms with Crippen molar-refractivity contribution in [3.8, 4) is 0 Å². The summed E-state index contributed by atoms with van der Waals surface area (Å²) < 4.78 is 3.74. The summed E-state index contributed by atoms with van der Waals surface area (Å²) in [6, 6.07) is 8.13. The van der Waals surface area contributed by atoms with Crippen molar-refractivity contribution in [3.05, 3.63) is 46.9 Å². The van der Waals surface area contributed by atoms with Crippen LogP contribution < -0.4 is 0 Å². The summed E-state index contributed by atoms with van der Waals surface area (Å²) in [6.07, 6.45) is 0. The second-order valence-electron chi connectivity index (χ2n) is 5.35. The fourth-order valence-corrected chi connectivity index (χ4v) is 2.91. The van der Waals surface area contributed by atoms with Crippen molar-refractivity contribution in [2.75, 3.05) is 0 Å². The van der Waals surface area contributed by atoms with Crippen LogP contribution >= 0.6 is 0 Å². The second kappa shape index (κ2) is 4.84. The Hall–Kier alpha value is -2.43. The minimum absolute atomic E-state index is 0.0575. The first-order valence-corrected chi connectivity index (χ1v) is 6.94. The number of Topliss-reactive ketones (excluding diaryl/α,β-unsaturated/α-hetero) is 1. The summed E-state index contributed by atoms with van der Waals surface area (Å²) in [5, 5.41) is 10.2. The number of aryl methyl sites for hydroxylation is 2. The zero-order valence-corrected chi connectivity index (χ0v) is 12.7. The van der Waals surface area contributed by atoms with Gasteiger partial charge in [-0.05, 0) is 26.8 Å². The van der Waals surface area contributed by atoms with Gasteiger partial charge in [-0.2, -0.15) is 10.2 Å². The molecule has 0 amide bonds. The summed E-state index contributed by atoms with van der Waals surface area (Å²) in [5.41, 5.74) is 4.46. The third-order valence-electron chi connectivity index (χ3n) is 3.87. The number of carbonyl (C=O) groups is 1. The third-order valence-corrected chi connectivity index (χ3v) is 3.87. The van der Waals surface area contributed by atoms with Gasteiger partial charge in [-0.3, -0.25) is 14.2 Å². The van der Waals surface area contributed by atoms with Crippen LogP contribution in [-0.4, -0.2) is 25.3 Å². The van der Waals surface area contributed by atoms with Gasteiger partial charge in [0, 0.05) is 18.1 Å². The lowest BCUT2D eigenvalue weighted by Gasteiger charge is -2.03. The Labute approximate surface area is 123 Å². The molecule has 0 saturated carbocycles. The minimum atomic E-state index is 0.0575. The SMILES string of the molecule is CC(=O)c1c(C)nn(Cc2nn(C)c3ccccc23)c1C. The van der Waals surface area contributed by atoms with E-state index in [1.54, 1.807) is 6.92 Å². The van der Waals surface area contributed by atoms with E-state index >= 15 is 0 Å². The average Bonchev–Trinajstić information content (AvgIpc) is 2.89. The van der Waals surface area contributed by atoms with Gasteiger partial charge in [0.2, 0.25) is 0 Å². The molecule has 108 valence electrons. The van der Waals surface area contributed by atoms with Gasteiger partial charge in [0.05, 0.1) is 29.0 Å². The monoisotopic (exact) mass is 282 g/mol. The quantitative estimate of drug-likeness (QED) is 0.694. The van der Waals surface area contributed by atoms with Gasteiger partial charge >= 0.3 is 0 Å². The molecule has 0 N–H and O–H groups in total. The molecule has 5 nitrogen and oxygen atoms in total. The molecule has 0 unspecified atom stereocenters. The van der Waals surface area contributed by atoms with Crippen LogP contribution in [0.15, 0.2) is 24.3 Å². The molecule has 2 heterocycles. The highest BCUT2D eigenvalue weighted by Crippen LogP contribution is 2.20. The lowest BCUT2D eigenvalue weighted by molar-refractivity contribution is 0.101. The fourth-order valence-electron chi connectivity index (χ4n) is 2.91. The molecule has 3 rings (SSSR count). The molecule has 0 atom stereocenters. The second-order valence-corrected chi connectivity index (χ2v) is 5.35. The molecular formula is C16H18N4O. The van der Waals surface area contributed by atoms with Gasteiger partial charge in [-0.15, -0.1) is 0 Å². The van der Waals surface area contributed by atoms with Crippen LogP contribution in [0.4, 0.5) is 0 Å². The molecule has 0 aliphatic carbocycles. The highest BCUT2D eigenvalue weighted by Gasteiger charge is 2.17. The predicted molar refractivity (Wildman–Crippen MR) is 81.5 cm³/mol. The Kier molecular flexibility index (Phi) is 3.12. The number of para-hydroxylation sites is 1. The standard InChI is InChI=1S/C16H18N4O/c1-10-16(12(3)21)11(2)20(17-10)9-14-13-7-5-6-8-15(13)19(4)18-14/h5-8H,9H2,1-4H3. The van der Waals surface area contributed by atoms with Gasteiger partial charge in [0.1, 0.15) is 0 Å². The fraction of sp³-hybridized carbons (Fsp3) is 0.312. The van der Waals surface area contributed by atoms with Crippen LogP contribution in [0.2, 0.25) is 0 Å². The smallest absolute Gasteiger partial charge is 0.163 e. The predicted octanol–water partition coefficient (Wildman–Crippen LogP) is 2.64. The molecule has 2 aromatic heterocycles. The number of hydrogen-bond acceptors (Lipinski definition) is 3. The molecule has 0 aliphatic rings. The maximum Gasteiger partial charge on any atom is 0.163 e. The Morgan fingerprint density at radius 2 is 1.90 bits per heavy atom. The number of nitrogens with zero attached hydrogens (tertiary/aromatic N) is 4. The largest absolute Gasteiger partial charge is 0.294 e. The molecule has 0 aliphatic heterocycles. The number of benzene rings is 1. The van der Waals surface area contributed by atoms with Crippen LogP contribution in [0.25, 0.3) is 10.9 Å². The molecule has 0 radical (unpaired) electrons. The van der Waals surface area contributed by atoms with Gasteiger partial charge in [-0.25, -0.2) is 0 Å². The lowest BCUT2D eigenvalue weighted by atomic mass is 10.1. The molecule has 21 heavy (non-hydrogen) atoms. The highest BCUT2D eigenvalue weighted by atomic mass is 16.1. The Balaban J connectivity index is 2.07. The summed E-state index contributed by atoms with van der Waals surface area (Å²) in [5.74, 6) is 0.0575. The first-order valence-electron chi connectivity index (χ1n) is 6.94. The van der Waals surface area contributed by atoms with Gasteiger partial charge in [0.25, 0.3) is 0 Å². The Morgan fingerprint density at radius 1 is 1.19 bits per heavy atom. The van der Waals surface area contributed by atoms with Crippen molar-refractivity contribution < 1.29 is 4.79 Å². The lowest BCUT2D eigenvalue weighted by Crippen LogP contribution is -2.06. The highest BCUT2D eigenvalue weighted by molar-refractivity contribution is 5.96. The van der Waals surface area contributed by atoms with E-state index in [0.717, 1.165) is 33.5 Å². The summed E-state index contributed by atoms with van der Waals surface area (Å²) in [7, 11) is 1.94. The first-order chi connectivity index (χ1) is 9.99. The summed E-state index contributed by atoms with van der Waals surface area (Å²) in [6.45, 7) is 5.96. The number of carbonyl (C=O) groups excluding carboxylic acids is 1. The van der Waals surface area contributed by atoms with Gasteiger partial charge in [0.15, 0.2) is 5.78 Å². The maximum atomic E-state index is 11.7. The maximum absolute atomic E-state index is 11.7. The zero-order valence-electron chi connectivity index (χ0n) is 12.7. The van der Waals surface area contributed by atoms with E-state index in [-0.39, 0.29) is 5.78 Å². The van der Waals surface area contributed by atoms with Crippen molar-refractivity contribution in [3.63, 3.8) is 0 Å². The minimum Gasteiger partial charge on any atom is -0.294 e. The molecule has 5 heteroatoms. The number of aromatic nitrogens is 4. The normalized spacial score (nSPS) is 11.2. The number of hydrogen-bond donors (Lipinski definition) is 0. The summed E-state index contributed by atoms with van der Waals surface area (Å²) >= 11 is 0. The van der Waals surface area contributed by atoms with E-state index in [4.69, 9.17) is 0 Å². The summed E-state index contributed by atoms with van der Waals surface area (Å²) in [4.78, 5) is 11.7. The van der Waals surface area contributed by atoms with E-state index in [1.165, 1.54) is 0 Å². The van der Waals surface area contributed by atoms with Crippen molar-refractivity contribution in [1.82, 2.24) is 19.6 Å². The van der Waals surface area contributed by atoms with Crippen LogP contribution in [0, 0.1) is 13.8 Å². The van der Waals surface area contributed by atoms with Gasteiger partial charge < -0.3 is 0 Å². The molecule has 1 aromatic carbocycles. The first kappa shape index (κ1) is 13.5. The topological polar surface area (TPSA) is 52.7 Å². The van der Waals surface area contributed by atoms with Crippen LogP contribution in [0.3, 0.4) is 0 Å². The van der Waals surface area contributed by atoms with E-state index in [0.29, 0.717) is 6.54 Å². The van der Waals surface area contributed by atoms with Crippen molar-refractivity contribution in [2.24, 2.45) is 7.05 Å². The third kappa shape index (κ3) is 2.14. The molecule has 3 aromatic rings. The molecular weight excluding hydrogens is 264 g/mol. The number of fused-ring (bicyclic) bond motifs is 1. The Morgan fingerprint density at radius 3 is 2.57 bits per heavy atom. The molecule has 0 fully saturated rings. The van der Waals surface area contributed by atoms with Crippen molar-refractivity contribution >= 4 is 16.7 Å². The number of rotatable bonds is 3. The van der Waals surface area contributed by atoms with E-state index in [2.05, 4.69) is 16.3 Å². The van der Waals surface area contributed by atoms with E-state index in [9.17, 15) is 4.79 Å². The zero-order chi connectivity index (χ0) is 15.1. The van der Waals surface area contributed by atoms with Crippen LogP contribution in [-0.2, 0) is 13.6 Å². The van der Waals surface area contributed by atoms with Crippen molar-refractivity contribution in [1.29, 1.82) is 0 Å². The number of ketones is 1. The van der Waals surface area contributed by atoms with Gasteiger partial charge in [-0.1, -0.05) is 18.2 Å². The van der Waals surface area contributed by atoms with Crippen LogP contribution in [0.5, 0.6) is 0 Å². The molecule has 0 saturated heterocycles. The van der Waals surface area contributed by atoms with E-state index in [1.807, 2.05) is 48.5 Å². The van der Waals surface area contributed by atoms with Crippen molar-refractivity contribution in [2.45, 2.75) is 27.3 Å². The Bertz CT molecular complexity index is 841. The molecule has 0 spiro atoms. The van der Waals surface area contributed by atoms with Crippen LogP contribution in [0.1, 0.15) is 34.4 Å². The molecule has 0 bridgehead atoms. The van der Waals surface area contributed by atoms with E-state index < -0.39 is 0 Å². The average molecular weight is 282 g/mol.